The first-order valence-corrected chi connectivity index (χ1v) is 6.18. The lowest BCUT2D eigenvalue weighted by atomic mass is 9.97. The van der Waals surface area contributed by atoms with Gasteiger partial charge >= 0.3 is 0 Å². The molecule has 17 heavy (non-hydrogen) atoms. The molecule has 92 valence electrons. The highest BCUT2D eigenvalue weighted by atomic mass is 35.5. The summed E-state index contributed by atoms with van der Waals surface area (Å²) in [5.74, 6) is 0.106. The van der Waals surface area contributed by atoms with E-state index in [1.807, 2.05) is 29.2 Å². The van der Waals surface area contributed by atoms with Gasteiger partial charge in [0.2, 0.25) is 5.91 Å². The van der Waals surface area contributed by atoms with Crippen molar-refractivity contribution in [3.05, 3.63) is 29.3 Å². The van der Waals surface area contributed by atoms with Crippen LogP contribution in [0.25, 0.3) is 0 Å². The summed E-state index contributed by atoms with van der Waals surface area (Å²) in [5, 5.41) is 3.83. The molecule has 1 heterocycles. The Balaban J connectivity index is 2.38. The average Bonchev–Trinajstić information content (AvgIpc) is 2.39. The predicted molar refractivity (Wildman–Crippen MR) is 70.5 cm³/mol. The van der Waals surface area contributed by atoms with Crippen LogP contribution in [0.3, 0.4) is 0 Å². The van der Waals surface area contributed by atoms with Gasteiger partial charge in [0.15, 0.2) is 0 Å². The van der Waals surface area contributed by atoms with Crippen molar-refractivity contribution in [1.29, 1.82) is 0 Å². The topological polar surface area (TPSA) is 32.3 Å². The summed E-state index contributed by atoms with van der Waals surface area (Å²) in [5.41, 5.74) is 0.738. The number of anilines is 1. The highest BCUT2D eigenvalue weighted by Crippen LogP contribution is 2.28. The Kier molecular flexibility index (Phi) is 3.40. The van der Waals surface area contributed by atoms with Gasteiger partial charge in [-0.05, 0) is 51.1 Å². The maximum absolute atomic E-state index is 12.1. The van der Waals surface area contributed by atoms with Gasteiger partial charge in [0.05, 0.1) is 6.54 Å². The molecule has 2 rings (SSSR count). The number of hydrogen-bond donors (Lipinski definition) is 1. The van der Waals surface area contributed by atoms with Gasteiger partial charge < -0.3 is 10.2 Å². The Labute approximate surface area is 107 Å². The van der Waals surface area contributed by atoms with Crippen molar-refractivity contribution in [2.75, 3.05) is 18.0 Å². The van der Waals surface area contributed by atoms with Crippen LogP contribution in [0.4, 0.5) is 5.69 Å². The van der Waals surface area contributed by atoms with E-state index in [9.17, 15) is 4.79 Å². The molecular formula is C13H17ClN2O. The van der Waals surface area contributed by atoms with Crippen LogP contribution >= 0.6 is 11.6 Å². The largest absolute Gasteiger partial charge is 0.308 e. The number of nitrogens with zero attached hydrogens (tertiary/aromatic N) is 1. The van der Waals surface area contributed by atoms with Crippen LogP contribution < -0.4 is 10.2 Å². The zero-order valence-corrected chi connectivity index (χ0v) is 10.9. The van der Waals surface area contributed by atoms with E-state index in [2.05, 4.69) is 19.2 Å². The number of carbonyl (C=O) groups excluding carboxylic acids is 1. The van der Waals surface area contributed by atoms with E-state index < -0.39 is 0 Å². The summed E-state index contributed by atoms with van der Waals surface area (Å²) in [6, 6.07) is 7.43. The molecule has 0 radical (unpaired) electrons. The molecule has 1 aromatic rings. The lowest BCUT2D eigenvalue weighted by molar-refractivity contribution is -0.118. The fourth-order valence-electron chi connectivity index (χ4n) is 2.20. The molecule has 0 saturated carbocycles. The molecule has 4 heteroatoms. The van der Waals surface area contributed by atoms with Gasteiger partial charge in [-0.1, -0.05) is 11.6 Å². The number of halogens is 1. The van der Waals surface area contributed by atoms with Crippen LogP contribution in [0.15, 0.2) is 24.3 Å². The third kappa shape index (κ3) is 2.61. The third-order valence-electron chi connectivity index (χ3n) is 3.13. The van der Waals surface area contributed by atoms with Crippen molar-refractivity contribution >= 4 is 23.2 Å². The van der Waals surface area contributed by atoms with Crippen LogP contribution in [-0.2, 0) is 4.79 Å². The molecule has 0 aromatic heterocycles. The molecule has 1 aromatic carbocycles. The Morgan fingerprint density at radius 2 is 1.94 bits per heavy atom. The number of nitrogens with one attached hydrogen (secondary N) is 1. The van der Waals surface area contributed by atoms with E-state index in [0.717, 1.165) is 18.7 Å². The monoisotopic (exact) mass is 252 g/mol. The first kappa shape index (κ1) is 12.4. The van der Waals surface area contributed by atoms with Crippen molar-refractivity contribution in [2.45, 2.75) is 25.8 Å². The van der Waals surface area contributed by atoms with E-state index in [4.69, 9.17) is 11.6 Å². The van der Waals surface area contributed by atoms with E-state index in [1.165, 1.54) is 0 Å². The maximum atomic E-state index is 12.1. The fourth-order valence-corrected chi connectivity index (χ4v) is 2.33. The Bertz CT molecular complexity index is 414. The van der Waals surface area contributed by atoms with Gasteiger partial charge in [-0.3, -0.25) is 4.79 Å². The lowest BCUT2D eigenvalue weighted by Crippen LogP contribution is -2.48. The second kappa shape index (κ2) is 4.67. The minimum absolute atomic E-state index is 0.106. The van der Waals surface area contributed by atoms with Gasteiger partial charge in [0.25, 0.3) is 0 Å². The van der Waals surface area contributed by atoms with E-state index >= 15 is 0 Å². The molecule has 1 N–H and O–H groups in total. The molecule has 0 unspecified atom stereocenters. The molecular weight excluding hydrogens is 236 g/mol. The van der Waals surface area contributed by atoms with E-state index in [-0.39, 0.29) is 11.4 Å². The second-order valence-corrected chi connectivity index (χ2v) is 5.38. The normalized spacial score (nSPS) is 20.2. The summed E-state index contributed by atoms with van der Waals surface area (Å²) in [6.45, 7) is 5.44. The summed E-state index contributed by atoms with van der Waals surface area (Å²) in [4.78, 5) is 14.0. The van der Waals surface area contributed by atoms with E-state index in [1.54, 1.807) is 0 Å². The predicted octanol–water partition coefficient (Wildman–Crippen LogP) is 2.44. The maximum Gasteiger partial charge on any atom is 0.241 e. The second-order valence-electron chi connectivity index (χ2n) is 4.94. The summed E-state index contributed by atoms with van der Waals surface area (Å²) >= 11 is 5.87. The van der Waals surface area contributed by atoms with Crippen LogP contribution in [0.5, 0.6) is 0 Å². The Morgan fingerprint density at radius 3 is 2.59 bits per heavy atom. The van der Waals surface area contributed by atoms with Gasteiger partial charge in [-0.2, -0.15) is 0 Å². The van der Waals surface area contributed by atoms with Crippen LogP contribution in [0, 0.1) is 0 Å². The molecule has 1 aliphatic rings. The van der Waals surface area contributed by atoms with Gasteiger partial charge in [0.1, 0.15) is 0 Å². The van der Waals surface area contributed by atoms with Gasteiger partial charge in [-0.25, -0.2) is 0 Å². The molecule has 1 aliphatic heterocycles. The van der Waals surface area contributed by atoms with Crippen molar-refractivity contribution in [2.24, 2.45) is 0 Å². The van der Waals surface area contributed by atoms with E-state index in [0.29, 0.717) is 11.6 Å². The molecule has 3 nitrogen and oxygen atoms in total. The zero-order valence-electron chi connectivity index (χ0n) is 10.2. The molecule has 1 fully saturated rings. The zero-order chi connectivity index (χ0) is 12.5. The summed E-state index contributed by atoms with van der Waals surface area (Å²) < 4.78 is 0. The van der Waals surface area contributed by atoms with Crippen molar-refractivity contribution in [3.8, 4) is 0 Å². The summed E-state index contributed by atoms with van der Waals surface area (Å²) in [6.07, 6.45) is 0.932. The van der Waals surface area contributed by atoms with Crippen molar-refractivity contribution < 1.29 is 4.79 Å². The van der Waals surface area contributed by atoms with Crippen LogP contribution in [-0.4, -0.2) is 24.5 Å². The molecule has 0 spiro atoms. The molecule has 1 saturated heterocycles. The minimum Gasteiger partial charge on any atom is -0.308 e. The first-order chi connectivity index (χ1) is 8.00. The van der Waals surface area contributed by atoms with Gasteiger partial charge in [0, 0.05) is 16.2 Å². The SMILES string of the molecule is CC1(C)CCNCC(=O)N1c1ccc(Cl)cc1. The molecule has 0 aliphatic carbocycles. The fraction of sp³-hybridized carbons (Fsp3) is 0.462. The molecule has 0 bridgehead atoms. The number of carbonyl (C=O) groups is 1. The standard InChI is InChI=1S/C13H17ClN2O/c1-13(2)7-8-15-9-12(17)16(13)11-5-3-10(14)4-6-11/h3-6,15H,7-9H2,1-2H3. The highest BCUT2D eigenvalue weighted by Gasteiger charge is 2.33. The quantitative estimate of drug-likeness (QED) is 0.833. The van der Waals surface area contributed by atoms with Crippen LogP contribution in [0.2, 0.25) is 5.02 Å². The first-order valence-electron chi connectivity index (χ1n) is 5.80. The lowest BCUT2D eigenvalue weighted by Gasteiger charge is -2.37. The van der Waals surface area contributed by atoms with Crippen molar-refractivity contribution in [1.82, 2.24) is 5.32 Å². The number of hydrogen-bond acceptors (Lipinski definition) is 2. The smallest absolute Gasteiger partial charge is 0.241 e. The Hall–Kier alpha value is -1.06. The highest BCUT2D eigenvalue weighted by molar-refractivity contribution is 6.30. The van der Waals surface area contributed by atoms with Crippen LogP contribution in [0.1, 0.15) is 20.3 Å². The molecule has 1 amide bonds. The Morgan fingerprint density at radius 1 is 1.29 bits per heavy atom. The number of benzene rings is 1. The average molecular weight is 253 g/mol. The number of rotatable bonds is 1. The van der Waals surface area contributed by atoms with Gasteiger partial charge in [-0.15, -0.1) is 0 Å². The van der Waals surface area contributed by atoms with Crippen molar-refractivity contribution in [3.63, 3.8) is 0 Å². The minimum atomic E-state index is -0.172. The number of amides is 1. The summed E-state index contributed by atoms with van der Waals surface area (Å²) in [7, 11) is 0. The third-order valence-corrected chi connectivity index (χ3v) is 3.38. The molecule has 0 atom stereocenters.